The summed E-state index contributed by atoms with van der Waals surface area (Å²) in [5, 5.41) is 0. The Balaban J connectivity index is 2.18. The van der Waals surface area contributed by atoms with E-state index in [0.29, 0.717) is 18.8 Å². The largest absolute Gasteiger partial charge is 0.398 e. The van der Waals surface area contributed by atoms with Crippen molar-refractivity contribution in [3.05, 3.63) is 23.8 Å². The van der Waals surface area contributed by atoms with Crippen LogP contribution >= 0.6 is 0 Å². The van der Waals surface area contributed by atoms with Crippen molar-refractivity contribution >= 4 is 15.5 Å². The van der Waals surface area contributed by atoms with E-state index in [1.807, 2.05) is 14.0 Å². The van der Waals surface area contributed by atoms with E-state index >= 15 is 0 Å². The molecule has 1 atom stereocenters. The molecule has 0 saturated carbocycles. The molecule has 5 nitrogen and oxygen atoms in total. The number of rotatable bonds is 3. The van der Waals surface area contributed by atoms with Gasteiger partial charge in [-0.25, -0.2) is 8.42 Å². The lowest BCUT2D eigenvalue weighted by Gasteiger charge is -2.29. The van der Waals surface area contributed by atoms with E-state index in [1.54, 1.807) is 18.2 Å². The van der Waals surface area contributed by atoms with Gasteiger partial charge in [-0.15, -0.1) is 0 Å². The van der Waals surface area contributed by atoms with Crippen molar-refractivity contribution in [2.24, 2.45) is 0 Å². The molecule has 2 N–H and O–H groups in total. The molecule has 6 heteroatoms. The van der Waals surface area contributed by atoms with Gasteiger partial charge in [0.15, 0.2) is 9.84 Å². The highest BCUT2D eigenvalue weighted by Crippen LogP contribution is 2.22. The van der Waals surface area contributed by atoms with Crippen molar-refractivity contribution in [2.45, 2.75) is 17.9 Å². The number of nitrogens with two attached hydrogens (primary N) is 1. The monoisotopic (exact) mass is 284 g/mol. The third kappa shape index (κ3) is 3.46. The van der Waals surface area contributed by atoms with Gasteiger partial charge in [0.25, 0.3) is 0 Å². The average Bonchev–Trinajstić information content (AvgIpc) is 2.27. The highest BCUT2D eigenvalue weighted by molar-refractivity contribution is 7.91. The number of sulfone groups is 1. The molecule has 0 spiro atoms. The Bertz CT molecular complexity index is 557. The summed E-state index contributed by atoms with van der Waals surface area (Å²) < 4.78 is 30.2. The first kappa shape index (κ1) is 14.3. The predicted molar refractivity (Wildman–Crippen MR) is 74.9 cm³/mol. The minimum absolute atomic E-state index is 0.0232. The maximum atomic E-state index is 12.4. The number of likely N-dealkylation sites (N-methyl/N-ethyl adjacent to an activating group) is 1. The first-order valence-electron chi connectivity index (χ1n) is 6.27. The van der Waals surface area contributed by atoms with Gasteiger partial charge in [0.05, 0.1) is 29.0 Å². The number of hydrogen-bond donors (Lipinski definition) is 1. The third-order valence-corrected chi connectivity index (χ3v) is 5.10. The van der Waals surface area contributed by atoms with Crippen LogP contribution in [0.5, 0.6) is 0 Å². The molecule has 1 aliphatic rings. The van der Waals surface area contributed by atoms with Gasteiger partial charge in [-0.3, -0.25) is 0 Å². The summed E-state index contributed by atoms with van der Waals surface area (Å²) in [6, 6.07) is 5.02. The highest BCUT2D eigenvalue weighted by atomic mass is 32.2. The van der Waals surface area contributed by atoms with E-state index in [4.69, 9.17) is 10.5 Å². The zero-order chi connectivity index (χ0) is 14.0. The fourth-order valence-electron chi connectivity index (χ4n) is 2.25. The summed E-state index contributed by atoms with van der Waals surface area (Å²) in [5.74, 6) is -0.0232. The Morgan fingerprint density at radius 2 is 2.21 bits per heavy atom. The minimum atomic E-state index is -3.41. The van der Waals surface area contributed by atoms with Crippen molar-refractivity contribution in [1.82, 2.24) is 4.90 Å². The van der Waals surface area contributed by atoms with E-state index < -0.39 is 9.84 Å². The normalized spacial score (nSPS) is 21.5. The van der Waals surface area contributed by atoms with Crippen molar-refractivity contribution in [2.75, 3.05) is 38.2 Å². The first-order valence-corrected chi connectivity index (χ1v) is 7.93. The van der Waals surface area contributed by atoms with Gasteiger partial charge in [-0.05, 0) is 31.7 Å². The fraction of sp³-hybridized carbons (Fsp3) is 0.538. The second-order valence-corrected chi connectivity index (χ2v) is 7.08. The Labute approximate surface area is 114 Å². The zero-order valence-electron chi connectivity index (χ0n) is 11.3. The Kier molecular flexibility index (Phi) is 4.13. The molecule has 1 aliphatic heterocycles. The van der Waals surface area contributed by atoms with Crippen molar-refractivity contribution < 1.29 is 13.2 Å². The van der Waals surface area contributed by atoms with Crippen LogP contribution in [0.1, 0.15) is 5.56 Å². The second-order valence-electron chi connectivity index (χ2n) is 5.08. The SMILES string of the molecule is Cc1ccc(S(=O)(=O)CC2CN(C)CCO2)c(N)c1. The lowest BCUT2D eigenvalue weighted by Crippen LogP contribution is -2.43. The maximum absolute atomic E-state index is 12.4. The molecule has 1 aromatic rings. The van der Waals surface area contributed by atoms with Gasteiger partial charge in [-0.1, -0.05) is 6.07 Å². The quantitative estimate of drug-likeness (QED) is 0.826. The summed E-state index contributed by atoms with van der Waals surface area (Å²) >= 11 is 0. The van der Waals surface area contributed by atoms with E-state index in [-0.39, 0.29) is 16.8 Å². The number of hydrogen-bond acceptors (Lipinski definition) is 5. The smallest absolute Gasteiger partial charge is 0.183 e. The van der Waals surface area contributed by atoms with Crippen molar-refractivity contribution in [1.29, 1.82) is 0 Å². The summed E-state index contributed by atoms with van der Waals surface area (Å²) in [7, 11) is -1.45. The zero-order valence-corrected chi connectivity index (χ0v) is 12.1. The van der Waals surface area contributed by atoms with Crippen molar-refractivity contribution in [3.8, 4) is 0 Å². The minimum Gasteiger partial charge on any atom is -0.398 e. The second kappa shape index (κ2) is 5.48. The van der Waals surface area contributed by atoms with Gasteiger partial charge in [0.2, 0.25) is 0 Å². The van der Waals surface area contributed by atoms with Crippen LogP contribution in [0.3, 0.4) is 0 Å². The molecule has 0 radical (unpaired) electrons. The molecule has 1 unspecified atom stereocenters. The lowest BCUT2D eigenvalue weighted by molar-refractivity contribution is -0.00680. The van der Waals surface area contributed by atoms with Gasteiger partial charge in [0.1, 0.15) is 0 Å². The molecule has 0 aliphatic carbocycles. The van der Waals surface area contributed by atoms with Crippen LogP contribution in [0.15, 0.2) is 23.1 Å². The molecule has 1 aromatic carbocycles. The van der Waals surface area contributed by atoms with Crippen LogP contribution in [-0.2, 0) is 14.6 Å². The van der Waals surface area contributed by atoms with Crippen LogP contribution in [0, 0.1) is 6.92 Å². The highest BCUT2D eigenvalue weighted by Gasteiger charge is 2.26. The number of benzene rings is 1. The summed E-state index contributed by atoms with van der Waals surface area (Å²) in [6.45, 7) is 3.92. The molecule has 2 rings (SSSR count). The summed E-state index contributed by atoms with van der Waals surface area (Å²) in [6.07, 6.45) is -0.288. The number of nitrogen functional groups attached to an aromatic ring is 1. The van der Waals surface area contributed by atoms with E-state index in [2.05, 4.69) is 4.90 Å². The van der Waals surface area contributed by atoms with E-state index in [1.165, 1.54) is 0 Å². The number of aryl methyl sites for hydroxylation is 1. The predicted octanol–water partition coefficient (Wildman–Crippen LogP) is 0.682. The first-order chi connectivity index (χ1) is 8.88. The number of ether oxygens (including phenoxy) is 1. The molecular formula is C13H20N2O3S. The van der Waals surface area contributed by atoms with Gasteiger partial charge >= 0.3 is 0 Å². The van der Waals surface area contributed by atoms with Crippen LogP contribution in [-0.4, -0.2) is 51.9 Å². The van der Waals surface area contributed by atoms with Crippen molar-refractivity contribution in [3.63, 3.8) is 0 Å². The summed E-state index contributed by atoms with van der Waals surface area (Å²) in [4.78, 5) is 2.28. The molecule has 19 heavy (non-hydrogen) atoms. The molecular weight excluding hydrogens is 264 g/mol. The third-order valence-electron chi connectivity index (χ3n) is 3.25. The summed E-state index contributed by atoms with van der Waals surface area (Å²) in [5.41, 5.74) is 7.07. The molecule has 0 bridgehead atoms. The van der Waals surface area contributed by atoms with Crippen LogP contribution in [0.2, 0.25) is 0 Å². The maximum Gasteiger partial charge on any atom is 0.183 e. The Morgan fingerprint density at radius 1 is 1.47 bits per heavy atom. The fourth-order valence-corrected chi connectivity index (χ4v) is 3.82. The standard InChI is InChI=1S/C13H20N2O3S/c1-10-3-4-13(12(14)7-10)19(16,17)9-11-8-15(2)5-6-18-11/h3-4,7,11H,5-6,8-9,14H2,1-2H3. The Morgan fingerprint density at radius 3 is 2.84 bits per heavy atom. The lowest BCUT2D eigenvalue weighted by atomic mass is 10.2. The van der Waals surface area contributed by atoms with Crippen LogP contribution < -0.4 is 5.73 Å². The van der Waals surface area contributed by atoms with E-state index in [0.717, 1.165) is 12.1 Å². The van der Waals surface area contributed by atoms with Gasteiger partial charge in [0, 0.05) is 13.1 Å². The van der Waals surface area contributed by atoms with Gasteiger partial charge in [-0.2, -0.15) is 0 Å². The average molecular weight is 284 g/mol. The molecule has 106 valence electrons. The number of morpholine rings is 1. The Hall–Kier alpha value is -1.11. The number of anilines is 1. The van der Waals surface area contributed by atoms with Crippen LogP contribution in [0.4, 0.5) is 5.69 Å². The molecule has 1 saturated heterocycles. The number of nitrogens with zero attached hydrogens (tertiary/aromatic N) is 1. The topological polar surface area (TPSA) is 72.6 Å². The molecule has 0 aromatic heterocycles. The van der Waals surface area contributed by atoms with E-state index in [9.17, 15) is 8.42 Å². The van der Waals surface area contributed by atoms with Crippen LogP contribution in [0.25, 0.3) is 0 Å². The van der Waals surface area contributed by atoms with Gasteiger partial charge < -0.3 is 15.4 Å². The molecule has 1 heterocycles. The molecule has 1 fully saturated rings. The molecule has 0 amide bonds.